The van der Waals surface area contributed by atoms with Gasteiger partial charge in [-0.1, -0.05) is 12.2 Å². The molecule has 19 heavy (non-hydrogen) atoms. The normalized spacial score (nSPS) is 10.4. The third kappa shape index (κ3) is 4.79. The molecule has 0 aliphatic carbocycles. The summed E-state index contributed by atoms with van der Waals surface area (Å²) in [6, 6.07) is 2.63. The highest BCUT2D eigenvalue weighted by molar-refractivity contribution is 5.93. The number of nitrogens with one attached hydrogen (secondary N) is 2. The number of carboxylic acids is 1. The lowest BCUT2D eigenvalue weighted by Crippen LogP contribution is -2.29. The lowest BCUT2D eigenvalue weighted by molar-refractivity contribution is 0.0697. The number of benzene rings is 1. The molecule has 6 heteroatoms. The van der Waals surface area contributed by atoms with E-state index in [0.29, 0.717) is 13.0 Å². The molecule has 0 spiro atoms. The molecule has 0 atom stereocenters. The highest BCUT2D eigenvalue weighted by Gasteiger charge is 2.10. The van der Waals surface area contributed by atoms with E-state index in [1.165, 1.54) is 0 Å². The van der Waals surface area contributed by atoms with Crippen molar-refractivity contribution in [3.63, 3.8) is 0 Å². The van der Waals surface area contributed by atoms with Crippen molar-refractivity contribution < 1.29 is 19.1 Å². The average molecular weight is 266 g/mol. The van der Waals surface area contributed by atoms with Crippen LogP contribution in [0.25, 0.3) is 0 Å². The van der Waals surface area contributed by atoms with Crippen molar-refractivity contribution in [3.05, 3.63) is 41.7 Å². The number of urea groups is 1. The topological polar surface area (TPSA) is 78.4 Å². The molecule has 2 amide bonds. The zero-order valence-electron chi connectivity index (χ0n) is 10.4. The maximum Gasteiger partial charge on any atom is 0.335 e. The Morgan fingerprint density at radius 2 is 2.16 bits per heavy atom. The van der Waals surface area contributed by atoms with E-state index in [4.69, 9.17) is 5.11 Å². The van der Waals surface area contributed by atoms with Crippen molar-refractivity contribution in [1.82, 2.24) is 5.32 Å². The summed E-state index contributed by atoms with van der Waals surface area (Å²) in [6.07, 6.45) is 4.41. The van der Waals surface area contributed by atoms with Crippen molar-refractivity contribution in [2.24, 2.45) is 0 Å². The third-order valence-corrected chi connectivity index (χ3v) is 2.29. The standard InChI is InChI=1S/C13H15FN2O3/c1-2-3-4-7-15-13(19)16-11-8-9(12(17)18)5-6-10(11)14/h2-3,5-6,8H,4,7H2,1H3,(H,17,18)(H2,15,16,19)/b3-2+. The molecule has 0 aliphatic rings. The zero-order chi connectivity index (χ0) is 14.3. The van der Waals surface area contributed by atoms with E-state index in [2.05, 4.69) is 10.6 Å². The van der Waals surface area contributed by atoms with Crippen LogP contribution in [-0.2, 0) is 0 Å². The first-order valence-corrected chi connectivity index (χ1v) is 5.73. The van der Waals surface area contributed by atoms with Gasteiger partial charge in [-0.2, -0.15) is 0 Å². The number of rotatable bonds is 5. The molecule has 0 saturated carbocycles. The van der Waals surface area contributed by atoms with E-state index in [9.17, 15) is 14.0 Å². The van der Waals surface area contributed by atoms with Gasteiger partial charge in [0.1, 0.15) is 5.82 Å². The fourth-order valence-electron chi connectivity index (χ4n) is 1.36. The zero-order valence-corrected chi connectivity index (χ0v) is 10.4. The highest BCUT2D eigenvalue weighted by Crippen LogP contribution is 2.16. The van der Waals surface area contributed by atoms with Crippen molar-refractivity contribution in [2.45, 2.75) is 13.3 Å². The maximum atomic E-state index is 13.4. The molecule has 1 aromatic rings. The van der Waals surface area contributed by atoms with Crippen LogP contribution < -0.4 is 10.6 Å². The van der Waals surface area contributed by atoms with Gasteiger partial charge in [-0.15, -0.1) is 0 Å². The predicted molar refractivity (Wildman–Crippen MR) is 69.8 cm³/mol. The van der Waals surface area contributed by atoms with Crippen LogP contribution in [0.4, 0.5) is 14.9 Å². The molecule has 0 bridgehead atoms. The van der Waals surface area contributed by atoms with Crippen molar-refractivity contribution in [2.75, 3.05) is 11.9 Å². The molecule has 102 valence electrons. The monoisotopic (exact) mass is 266 g/mol. The molecule has 0 saturated heterocycles. The van der Waals surface area contributed by atoms with Crippen LogP contribution in [0.3, 0.4) is 0 Å². The minimum Gasteiger partial charge on any atom is -0.478 e. The molecule has 3 N–H and O–H groups in total. The smallest absolute Gasteiger partial charge is 0.335 e. The minimum absolute atomic E-state index is 0.0920. The highest BCUT2D eigenvalue weighted by atomic mass is 19.1. The molecule has 0 aromatic heterocycles. The number of carboxylic acid groups (broad SMARTS) is 1. The molecule has 0 fully saturated rings. The van der Waals surface area contributed by atoms with Gasteiger partial charge in [0.2, 0.25) is 0 Å². The first-order chi connectivity index (χ1) is 9.04. The summed E-state index contributed by atoms with van der Waals surface area (Å²) in [6.45, 7) is 2.28. The van der Waals surface area contributed by atoms with Crippen molar-refractivity contribution in [1.29, 1.82) is 0 Å². The second-order valence-corrected chi connectivity index (χ2v) is 3.74. The van der Waals surface area contributed by atoms with Crippen molar-refractivity contribution >= 4 is 17.7 Å². The predicted octanol–water partition coefficient (Wildman–Crippen LogP) is 2.61. The number of anilines is 1. The van der Waals surface area contributed by atoms with Gasteiger partial charge in [-0.25, -0.2) is 14.0 Å². The van der Waals surface area contributed by atoms with Crippen molar-refractivity contribution in [3.8, 4) is 0 Å². The van der Waals surface area contributed by atoms with Crippen LogP contribution in [0.15, 0.2) is 30.4 Å². The second kappa shape index (κ2) is 7.15. The first kappa shape index (κ1) is 14.7. The summed E-state index contributed by atoms with van der Waals surface area (Å²) in [5, 5.41) is 13.6. The van der Waals surface area contributed by atoms with E-state index >= 15 is 0 Å². The van der Waals surface area contributed by atoms with Crippen LogP contribution in [0.2, 0.25) is 0 Å². The van der Waals surface area contributed by atoms with Gasteiger partial charge in [0.05, 0.1) is 11.3 Å². The fourth-order valence-corrected chi connectivity index (χ4v) is 1.36. The molecule has 1 rings (SSSR count). The van der Waals surface area contributed by atoms with Gasteiger partial charge in [0, 0.05) is 6.54 Å². The van der Waals surface area contributed by atoms with E-state index in [0.717, 1.165) is 18.2 Å². The van der Waals surface area contributed by atoms with Gasteiger partial charge in [-0.05, 0) is 31.5 Å². The molecule has 0 radical (unpaired) electrons. The van der Waals surface area contributed by atoms with Gasteiger partial charge in [0.15, 0.2) is 0 Å². The van der Waals surface area contributed by atoms with E-state index in [1.807, 2.05) is 19.1 Å². The molecule has 0 unspecified atom stereocenters. The number of halogens is 1. The quantitative estimate of drug-likeness (QED) is 0.566. The Bertz CT molecular complexity index is 501. The summed E-state index contributed by atoms with van der Waals surface area (Å²) in [5.74, 6) is -1.87. The number of aromatic carboxylic acids is 1. The van der Waals surface area contributed by atoms with Crippen LogP contribution >= 0.6 is 0 Å². The number of carbonyl (C=O) groups is 2. The molecule has 0 heterocycles. The van der Waals surface area contributed by atoms with Crippen LogP contribution in [-0.4, -0.2) is 23.7 Å². The lowest BCUT2D eigenvalue weighted by atomic mass is 10.2. The Morgan fingerprint density at radius 1 is 1.42 bits per heavy atom. The molecule has 0 aliphatic heterocycles. The summed E-state index contributed by atoms with van der Waals surface area (Å²) >= 11 is 0. The van der Waals surface area contributed by atoms with Crippen LogP contribution in [0.1, 0.15) is 23.7 Å². The third-order valence-electron chi connectivity index (χ3n) is 2.29. The maximum absolute atomic E-state index is 13.4. The van der Waals surface area contributed by atoms with Gasteiger partial charge < -0.3 is 15.7 Å². The Balaban J connectivity index is 2.63. The van der Waals surface area contributed by atoms with E-state index in [1.54, 1.807) is 0 Å². The summed E-state index contributed by atoms with van der Waals surface area (Å²) in [5.41, 5.74) is -0.256. The number of amides is 2. The van der Waals surface area contributed by atoms with Crippen LogP contribution in [0.5, 0.6) is 0 Å². The summed E-state index contributed by atoms with van der Waals surface area (Å²) in [4.78, 5) is 22.2. The summed E-state index contributed by atoms with van der Waals surface area (Å²) in [7, 11) is 0. The van der Waals surface area contributed by atoms with Gasteiger partial charge >= 0.3 is 12.0 Å². The van der Waals surface area contributed by atoms with Gasteiger partial charge in [-0.3, -0.25) is 0 Å². The molecular weight excluding hydrogens is 251 g/mol. The van der Waals surface area contributed by atoms with Gasteiger partial charge in [0.25, 0.3) is 0 Å². The molecular formula is C13H15FN2O3. The number of allylic oxidation sites excluding steroid dienone is 1. The fraction of sp³-hybridized carbons (Fsp3) is 0.231. The molecule has 5 nitrogen and oxygen atoms in total. The Labute approximate surface area is 110 Å². The second-order valence-electron chi connectivity index (χ2n) is 3.74. The Hall–Kier alpha value is -2.37. The van der Waals surface area contributed by atoms with E-state index in [-0.39, 0.29) is 11.3 Å². The number of hydrogen-bond acceptors (Lipinski definition) is 2. The first-order valence-electron chi connectivity index (χ1n) is 5.73. The summed E-state index contributed by atoms with van der Waals surface area (Å²) < 4.78 is 13.4. The largest absolute Gasteiger partial charge is 0.478 e. The minimum atomic E-state index is -1.18. The van der Waals surface area contributed by atoms with Crippen LogP contribution in [0, 0.1) is 5.82 Å². The number of carbonyl (C=O) groups excluding carboxylic acids is 1. The average Bonchev–Trinajstić information content (AvgIpc) is 2.37. The van der Waals surface area contributed by atoms with E-state index < -0.39 is 17.8 Å². The molecule has 1 aromatic carbocycles. The number of hydrogen-bond donors (Lipinski definition) is 3. The lowest BCUT2D eigenvalue weighted by Gasteiger charge is -2.08. The Morgan fingerprint density at radius 3 is 2.79 bits per heavy atom. The SMILES string of the molecule is C/C=C/CCNC(=O)Nc1cc(C(=O)O)ccc1F. The Kier molecular flexibility index (Phi) is 5.53.